The summed E-state index contributed by atoms with van der Waals surface area (Å²) < 4.78 is 2.78. The molecule has 0 saturated carbocycles. The number of halogens is 1. The number of carbonyl (C=O) groups is 2. The summed E-state index contributed by atoms with van der Waals surface area (Å²) in [5, 5.41) is 0. The molecule has 1 aliphatic rings. The van der Waals surface area contributed by atoms with E-state index >= 15 is 0 Å². The van der Waals surface area contributed by atoms with Gasteiger partial charge in [-0.15, -0.1) is 0 Å². The Bertz CT molecular complexity index is 1070. The number of carbonyl (C=O) groups excluding carboxylic acids is 2. The summed E-state index contributed by atoms with van der Waals surface area (Å²) in [4.78, 5) is 32.7. The lowest BCUT2D eigenvalue weighted by Gasteiger charge is -2.12. The van der Waals surface area contributed by atoms with Crippen molar-refractivity contribution in [1.82, 2.24) is 9.55 Å². The molecule has 0 radical (unpaired) electrons. The van der Waals surface area contributed by atoms with Crippen molar-refractivity contribution in [3.63, 3.8) is 0 Å². The molecule has 4 rings (SSSR count). The quantitative estimate of drug-likeness (QED) is 0.490. The molecule has 2 heterocycles. The number of benzene rings is 2. The van der Waals surface area contributed by atoms with Crippen molar-refractivity contribution in [3.8, 4) is 5.69 Å². The SMILES string of the molecule is CC(=O)C(=O)c1ncn2c1CN=C(c1ccccc1)c1cc(Br)ccc1-2. The van der Waals surface area contributed by atoms with Crippen LogP contribution in [0.5, 0.6) is 0 Å². The zero-order valence-electron chi connectivity index (χ0n) is 13.9. The number of nitrogens with zero attached hydrogens (tertiary/aromatic N) is 3. The van der Waals surface area contributed by atoms with Crippen LogP contribution < -0.4 is 0 Å². The van der Waals surface area contributed by atoms with Crippen LogP contribution in [0.2, 0.25) is 0 Å². The molecular weight excluding hydrogens is 394 g/mol. The number of hydrogen-bond donors (Lipinski definition) is 0. The fourth-order valence-electron chi connectivity index (χ4n) is 3.08. The van der Waals surface area contributed by atoms with Crippen LogP contribution in [0.4, 0.5) is 0 Å². The smallest absolute Gasteiger partial charge is 0.248 e. The molecule has 0 unspecified atom stereocenters. The first-order valence-electron chi connectivity index (χ1n) is 8.08. The third kappa shape index (κ3) is 2.72. The van der Waals surface area contributed by atoms with Gasteiger partial charge in [0.2, 0.25) is 11.6 Å². The lowest BCUT2D eigenvalue weighted by atomic mass is 10.0. The highest BCUT2D eigenvalue weighted by molar-refractivity contribution is 9.10. The number of fused-ring (bicyclic) bond motifs is 3. The molecule has 1 aromatic heterocycles. The number of rotatable bonds is 3. The van der Waals surface area contributed by atoms with E-state index in [-0.39, 0.29) is 12.2 Å². The maximum absolute atomic E-state index is 12.2. The summed E-state index contributed by atoms with van der Waals surface area (Å²) in [6.45, 7) is 1.53. The second-order valence-electron chi connectivity index (χ2n) is 5.99. The highest BCUT2D eigenvalue weighted by atomic mass is 79.9. The van der Waals surface area contributed by atoms with Gasteiger partial charge in [-0.25, -0.2) is 4.98 Å². The van der Waals surface area contributed by atoms with Crippen molar-refractivity contribution in [2.24, 2.45) is 4.99 Å². The van der Waals surface area contributed by atoms with Crippen LogP contribution in [0, 0.1) is 0 Å². The summed E-state index contributed by atoms with van der Waals surface area (Å²) in [7, 11) is 0. The number of Topliss-reactive ketones (excluding diaryl/α,β-unsaturated/α-hetero) is 2. The standard InChI is InChI=1S/C20H14BrN3O2/c1-12(25)20(26)19-17-10-22-18(13-5-3-2-4-6-13)15-9-14(21)7-8-16(15)24(17)11-23-19/h2-9,11H,10H2,1H3. The van der Waals surface area contributed by atoms with E-state index in [1.807, 2.05) is 53.1 Å². The maximum Gasteiger partial charge on any atom is 0.248 e. The molecule has 0 atom stereocenters. The zero-order chi connectivity index (χ0) is 18.3. The van der Waals surface area contributed by atoms with Crippen LogP contribution in [0.15, 0.2) is 64.3 Å². The number of aromatic nitrogens is 2. The van der Waals surface area contributed by atoms with Gasteiger partial charge in [0, 0.05) is 22.5 Å². The molecule has 5 nitrogen and oxygen atoms in total. The second-order valence-corrected chi connectivity index (χ2v) is 6.90. The van der Waals surface area contributed by atoms with Gasteiger partial charge in [0.1, 0.15) is 12.0 Å². The van der Waals surface area contributed by atoms with Gasteiger partial charge in [0.15, 0.2) is 0 Å². The zero-order valence-corrected chi connectivity index (χ0v) is 15.5. The minimum Gasteiger partial charge on any atom is -0.300 e. The van der Waals surface area contributed by atoms with E-state index in [4.69, 9.17) is 4.99 Å². The largest absolute Gasteiger partial charge is 0.300 e. The van der Waals surface area contributed by atoms with Crippen molar-refractivity contribution in [2.45, 2.75) is 13.5 Å². The van der Waals surface area contributed by atoms with Gasteiger partial charge in [-0.2, -0.15) is 0 Å². The lowest BCUT2D eigenvalue weighted by molar-refractivity contribution is -0.113. The number of hydrogen-bond acceptors (Lipinski definition) is 4. The van der Waals surface area contributed by atoms with Gasteiger partial charge in [-0.1, -0.05) is 46.3 Å². The van der Waals surface area contributed by atoms with Crippen LogP contribution in [-0.4, -0.2) is 26.8 Å². The molecular formula is C20H14BrN3O2. The van der Waals surface area contributed by atoms with Crippen molar-refractivity contribution < 1.29 is 9.59 Å². The van der Waals surface area contributed by atoms with E-state index < -0.39 is 11.6 Å². The summed E-state index contributed by atoms with van der Waals surface area (Å²) >= 11 is 3.52. The van der Waals surface area contributed by atoms with Crippen molar-refractivity contribution >= 4 is 33.2 Å². The van der Waals surface area contributed by atoms with Crippen molar-refractivity contribution in [2.75, 3.05) is 0 Å². The van der Waals surface area contributed by atoms with Crippen LogP contribution >= 0.6 is 15.9 Å². The molecule has 0 bridgehead atoms. The fourth-order valence-corrected chi connectivity index (χ4v) is 3.44. The Labute approximate surface area is 158 Å². The molecule has 26 heavy (non-hydrogen) atoms. The van der Waals surface area contributed by atoms with E-state index in [0.29, 0.717) is 5.69 Å². The molecule has 0 aliphatic carbocycles. The van der Waals surface area contributed by atoms with Gasteiger partial charge >= 0.3 is 0 Å². The molecule has 0 N–H and O–H groups in total. The second kappa shape index (κ2) is 6.46. The van der Waals surface area contributed by atoms with Crippen molar-refractivity contribution in [1.29, 1.82) is 0 Å². The molecule has 0 amide bonds. The third-order valence-corrected chi connectivity index (χ3v) is 4.80. The first-order chi connectivity index (χ1) is 12.6. The van der Waals surface area contributed by atoms with Gasteiger partial charge in [0.05, 0.1) is 23.6 Å². The minimum absolute atomic E-state index is 0.171. The molecule has 1 aliphatic heterocycles. The molecule has 6 heteroatoms. The van der Waals surface area contributed by atoms with E-state index in [9.17, 15) is 9.59 Å². The highest BCUT2D eigenvalue weighted by Gasteiger charge is 2.26. The molecule has 0 saturated heterocycles. The lowest BCUT2D eigenvalue weighted by Crippen LogP contribution is -2.13. The molecule has 0 spiro atoms. The number of aliphatic imine (C=N–C) groups is 1. The Morgan fingerprint density at radius 2 is 1.88 bits per heavy atom. The fraction of sp³-hybridized carbons (Fsp3) is 0.100. The number of ketones is 2. The first kappa shape index (κ1) is 16.6. The van der Waals surface area contributed by atoms with Gasteiger partial charge in [0.25, 0.3) is 0 Å². The number of imidazole rings is 1. The predicted molar refractivity (Wildman–Crippen MR) is 102 cm³/mol. The van der Waals surface area contributed by atoms with Crippen LogP contribution in [0.25, 0.3) is 5.69 Å². The van der Waals surface area contributed by atoms with E-state index in [1.165, 1.54) is 6.92 Å². The summed E-state index contributed by atoms with van der Waals surface area (Å²) in [6.07, 6.45) is 1.59. The Balaban J connectivity index is 1.96. The van der Waals surface area contributed by atoms with E-state index in [2.05, 4.69) is 20.9 Å². The van der Waals surface area contributed by atoms with Crippen LogP contribution in [0.1, 0.15) is 34.2 Å². The summed E-state index contributed by atoms with van der Waals surface area (Å²) in [5.74, 6) is -1.12. The summed E-state index contributed by atoms with van der Waals surface area (Å²) in [6, 6.07) is 15.8. The van der Waals surface area contributed by atoms with E-state index in [1.54, 1.807) is 6.33 Å². The Hall–Kier alpha value is -2.86. The normalized spacial score (nSPS) is 12.6. The molecule has 128 valence electrons. The average Bonchev–Trinajstić information content (AvgIpc) is 2.99. The Morgan fingerprint density at radius 3 is 2.62 bits per heavy atom. The van der Waals surface area contributed by atoms with E-state index in [0.717, 1.165) is 27.0 Å². The minimum atomic E-state index is -0.587. The highest BCUT2D eigenvalue weighted by Crippen LogP contribution is 2.29. The molecule has 2 aromatic carbocycles. The van der Waals surface area contributed by atoms with Crippen molar-refractivity contribution in [3.05, 3.63) is 81.8 Å². The summed E-state index contributed by atoms with van der Waals surface area (Å²) in [5.41, 5.74) is 4.43. The topological polar surface area (TPSA) is 64.3 Å². The monoisotopic (exact) mass is 407 g/mol. The molecule has 0 fully saturated rings. The first-order valence-corrected chi connectivity index (χ1v) is 8.87. The Kier molecular flexibility index (Phi) is 4.12. The van der Waals surface area contributed by atoms with Gasteiger partial charge in [-0.3, -0.25) is 19.1 Å². The predicted octanol–water partition coefficient (Wildman–Crippen LogP) is 3.76. The van der Waals surface area contributed by atoms with Crippen LogP contribution in [-0.2, 0) is 11.3 Å². The van der Waals surface area contributed by atoms with Gasteiger partial charge in [-0.05, 0) is 18.2 Å². The third-order valence-electron chi connectivity index (χ3n) is 4.31. The van der Waals surface area contributed by atoms with Crippen LogP contribution in [0.3, 0.4) is 0 Å². The molecule has 3 aromatic rings. The van der Waals surface area contributed by atoms with Gasteiger partial charge < -0.3 is 0 Å². The Morgan fingerprint density at radius 1 is 1.12 bits per heavy atom. The average molecular weight is 408 g/mol. The maximum atomic E-state index is 12.2.